The average molecular weight is 404 g/mol. The van der Waals surface area contributed by atoms with Gasteiger partial charge in [0, 0.05) is 21.4 Å². The second-order valence-corrected chi connectivity index (χ2v) is 5.73. The number of anilines is 1. The molecule has 0 N–H and O–H groups in total. The van der Waals surface area contributed by atoms with Crippen LogP contribution in [0.15, 0.2) is 42.5 Å². The monoisotopic (exact) mass is 403 g/mol. The Hall–Kier alpha value is -1.14. The van der Waals surface area contributed by atoms with Gasteiger partial charge < -0.3 is 4.90 Å². The van der Waals surface area contributed by atoms with Crippen LogP contribution < -0.4 is 4.90 Å². The van der Waals surface area contributed by atoms with E-state index in [1.165, 1.54) is 17.0 Å². The number of benzene rings is 2. The number of rotatable bonds is 3. The topological polar surface area (TPSA) is 20.3 Å². The lowest BCUT2D eigenvalue weighted by atomic mass is 10.2. The van der Waals surface area contributed by atoms with E-state index < -0.39 is 0 Å². The van der Waals surface area contributed by atoms with Crippen molar-refractivity contribution in [1.82, 2.24) is 0 Å². The zero-order valence-electron chi connectivity index (χ0n) is 10.7. The predicted molar refractivity (Wildman–Crippen MR) is 87.9 cm³/mol. The van der Waals surface area contributed by atoms with Crippen molar-refractivity contribution in [1.29, 1.82) is 0 Å². The normalized spacial score (nSPS) is 10.4. The summed E-state index contributed by atoms with van der Waals surface area (Å²) in [5.41, 5.74) is 1.02. The van der Waals surface area contributed by atoms with Crippen LogP contribution >= 0.6 is 34.2 Å². The van der Waals surface area contributed by atoms with Crippen LogP contribution in [0.5, 0.6) is 0 Å². The van der Waals surface area contributed by atoms with Crippen molar-refractivity contribution in [2.24, 2.45) is 0 Å². The third-order valence-corrected chi connectivity index (χ3v) is 4.42. The van der Waals surface area contributed by atoms with Gasteiger partial charge in [-0.15, -0.1) is 0 Å². The Bertz CT molecular complexity index is 648. The predicted octanol–water partition coefficient (Wildman–Crippen LogP) is 4.75. The van der Waals surface area contributed by atoms with Gasteiger partial charge in [0.05, 0.1) is 5.02 Å². The summed E-state index contributed by atoms with van der Waals surface area (Å²) in [6, 6.07) is 11.1. The minimum atomic E-state index is -0.366. The highest BCUT2D eigenvalue weighted by atomic mass is 127. The van der Waals surface area contributed by atoms with Gasteiger partial charge in [-0.3, -0.25) is 4.79 Å². The van der Waals surface area contributed by atoms with E-state index in [4.69, 9.17) is 11.6 Å². The maximum Gasteiger partial charge on any atom is 0.258 e. The summed E-state index contributed by atoms with van der Waals surface area (Å²) in [5, 5.41) is 0.534. The molecular weight excluding hydrogens is 392 g/mol. The third-order valence-electron chi connectivity index (χ3n) is 2.85. The summed E-state index contributed by atoms with van der Waals surface area (Å²) in [6.07, 6.45) is 0. The van der Waals surface area contributed by atoms with Crippen LogP contribution in [0.3, 0.4) is 0 Å². The van der Waals surface area contributed by atoms with Crippen molar-refractivity contribution in [2.75, 3.05) is 11.4 Å². The first kappa shape index (κ1) is 15.3. The molecule has 2 nitrogen and oxygen atoms in total. The van der Waals surface area contributed by atoms with Crippen molar-refractivity contribution in [2.45, 2.75) is 6.92 Å². The Kier molecular flexibility index (Phi) is 4.99. The van der Waals surface area contributed by atoms with E-state index in [1.807, 2.05) is 6.92 Å². The summed E-state index contributed by atoms with van der Waals surface area (Å²) in [5.74, 6) is -0.564. The highest BCUT2D eigenvalue weighted by Crippen LogP contribution is 2.23. The minimum Gasteiger partial charge on any atom is -0.309 e. The molecule has 0 aliphatic heterocycles. The van der Waals surface area contributed by atoms with E-state index in [-0.39, 0.29) is 11.7 Å². The van der Waals surface area contributed by atoms with E-state index in [0.29, 0.717) is 22.8 Å². The van der Waals surface area contributed by atoms with Crippen molar-refractivity contribution in [3.63, 3.8) is 0 Å². The second-order valence-electron chi connectivity index (χ2n) is 4.16. The fraction of sp³-hybridized carbons (Fsp3) is 0.133. The molecule has 0 atom stereocenters. The standard InChI is InChI=1S/C15H12ClFINO/c1-2-19(12-5-3-4-11(17)9-12)15(20)10-6-7-14(18)13(16)8-10/h3-9H,2H2,1H3. The van der Waals surface area contributed by atoms with Gasteiger partial charge in [-0.1, -0.05) is 17.7 Å². The number of amides is 1. The first-order chi connectivity index (χ1) is 9.52. The van der Waals surface area contributed by atoms with Crippen molar-refractivity contribution < 1.29 is 9.18 Å². The first-order valence-corrected chi connectivity index (χ1v) is 7.51. The Morgan fingerprint density at radius 1 is 1.30 bits per heavy atom. The van der Waals surface area contributed by atoms with E-state index in [2.05, 4.69) is 22.6 Å². The van der Waals surface area contributed by atoms with E-state index >= 15 is 0 Å². The quantitative estimate of drug-likeness (QED) is 0.677. The summed E-state index contributed by atoms with van der Waals surface area (Å²) in [4.78, 5) is 14.0. The van der Waals surface area contributed by atoms with Gasteiger partial charge in [0.25, 0.3) is 5.91 Å². The molecule has 104 valence electrons. The van der Waals surface area contributed by atoms with E-state index in [0.717, 1.165) is 3.57 Å². The van der Waals surface area contributed by atoms with Gasteiger partial charge in [-0.05, 0) is 65.9 Å². The molecule has 0 saturated heterocycles. The van der Waals surface area contributed by atoms with Gasteiger partial charge >= 0.3 is 0 Å². The van der Waals surface area contributed by atoms with Crippen LogP contribution in [0.25, 0.3) is 0 Å². The Morgan fingerprint density at radius 3 is 2.65 bits per heavy atom. The zero-order valence-corrected chi connectivity index (χ0v) is 13.7. The van der Waals surface area contributed by atoms with Crippen molar-refractivity contribution in [3.8, 4) is 0 Å². The zero-order chi connectivity index (χ0) is 14.7. The molecular formula is C15H12ClFINO. The molecule has 0 aromatic heterocycles. The Balaban J connectivity index is 2.36. The molecule has 0 unspecified atom stereocenters. The van der Waals surface area contributed by atoms with Gasteiger partial charge in [0.2, 0.25) is 0 Å². The Morgan fingerprint density at radius 2 is 2.05 bits per heavy atom. The number of hydrogen-bond donors (Lipinski definition) is 0. The highest BCUT2D eigenvalue weighted by molar-refractivity contribution is 14.1. The number of carbonyl (C=O) groups excluding carboxylic acids is 1. The summed E-state index contributed by atoms with van der Waals surface area (Å²) >= 11 is 8.14. The molecule has 0 heterocycles. The second kappa shape index (κ2) is 6.54. The fourth-order valence-corrected chi connectivity index (χ4v) is 2.39. The molecule has 0 aliphatic rings. The van der Waals surface area contributed by atoms with Gasteiger partial charge in [0.15, 0.2) is 0 Å². The summed E-state index contributed by atoms with van der Waals surface area (Å²) in [7, 11) is 0. The Labute approximate surface area is 135 Å². The lowest BCUT2D eigenvalue weighted by molar-refractivity contribution is 0.0988. The third kappa shape index (κ3) is 3.30. The molecule has 0 radical (unpaired) electrons. The van der Waals surface area contributed by atoms with Gasteiger partial charge in [-0.2, -0.15) is 0 Å². The van der Waals surface area contributed by atoms with Gasteiger partial charge in [-0.25, -0.2) is 4.39 Å². The molecule has 1 amide bonds. The molecule has 0 fully saturated rings. The SMILES string of the molecule is CCN(C(=O)c1ccc(I)c(Cl)c1)c1cccc(F)c1. The molecule has 2 aromatic carbocycles. The van der Waals surface area contributed by atoms with E-state index in [1.54, 1.807) is 30.3 Å². The van der Waals surface area contributed by atoms with Crippen LogP contribution in [0.2, 0.25) is 5.02 Å². The lowest BCUT2D eigenvalue weighted by Crippen LogP contribution is -2.30. The van der Waals surface area contributed by atoms with Crippen LogP contribution in [-0.4, -0.2) is 12.5 Å². The molecule has 20 heavy (non-hydrogen) atoms. The molecule has 2 aromatic rings. The van der Waals surface area contributed by atoms with Crippen LogP contribution in [0.4, 0.5) is 10.1 Å². The fourth-order valence-electron chi connectivity index (χ4n) is 1.87. The number of carbonyl (C=O) groups is 1. The molecule has 0 bridgehead atoms. The number of nitrogens with zero attached hydrogens (tertiary/aromatic N) is 1. The highest BCUT2D eigenvalue weighted by Gasteiger charge is 2.17. The smallest absolute Gasteiger partial charge is 0.258 e. The summed E-state index contributed by atoms with van der Waals surface area (Å²) in [6.45, 7) is 2.29. The number of halogens is 3. The number of hydrogen-bond acceptors (Lipinski definition) is 1. The van der Waals surface area contributed by atoms with Crippen LogP contribution in [0, 0.1) is 9.39 Å². The first-order valence-electron chi connectivity index (χ1n) is 6.05. The van der Waals surface area contributed by atoms with E-state index in [9.17, 15) is 9.18 Å². The maximum absolute atomic E-state index is 13.3. The molecule has 0 saturated carbocycles. The van der Waals surface area contributed by atoms with Crippen molar-refractivity contribution in [3.05, 3.63) is 62.4 Å². The van der Waals surface area contributed by atoms with Crippen LogP contribution in [-0.2, 0) is 0 Å². The van der Waals surface area contributed by atoms with Crippen LogP contribution in [0.1, 0.15) is 17.3 Å². The largest absolute Gasteiger partial charge is 0.309 e. The lowest BCUT2D eigenvalue weighted by Gasteiger charge is -2.21. The minimum absolute atomic E-state index is 0.198. The van der Waals surface area contributed by atoms with Crippen molar-refractivity contribution >= 4 is 45.8 Å². The molecule has 0 spiro atoms. The average Bonchev–Trinajstić information content (AvgIpc) is 2.42. The molecule has 0 aliphatic carbocycles. The molecule has 2 rings (SSSR count). The summed E-state index contributed by atoms with van der Waals surface area (Å²) < 4.78 is 14.2. The maximum atomic E-state index is 13.3. The van der Waals surface area contributed by atoms with Gasteiger partial charge in [0.1, 0.15) is 5.82 Å². The molecule has 5 heteroatoms.